The number of aromatic nitrogens is 2. The number of hydrogen-bond donors (Lipinski definition) is 1. The van der Waals surface area contributed by atoms with E-state index in [-0.39, 0.29) is 6.03 Å². The number of rotatable bonds is 8. The first-order chi connectivity index (χ1) is 14.0. The number of hydrogen-bond acceptors (Lipinski definition) is 3. The molecule has 3 aromatic rings. The normalized spacial score (nSPS) is 10.9. The minimum Gasteiger partial charge on any atom is -0.467 e. The molecule has 154 valence electrons. The fraction of sp³-hybridized carbons (Fsp3) is 0.391. The molecule has 3 rings (SSSR count). The van der Waals surface area contributed by atoms with Crippen molar-refractivity contribution < 1.29 is 9.21 Å². The summed E-state index contributed by atoms with van der Waals surface area (Å²) in [5.74, 6) is 1.60. The van der Waals surface area contributed by atoms with Gasteiger partial charge in [0.05, 0.1) is 19.4 Å². The summed E-state index contributed by atoms with van der Waals surface area (Å²) in [4.78, 5) is 19.0. The average Bonchev–Trinajstić information content (AvgIpc) is 3.34. The molecule has 0 aliphatic carbocycles. The number of furan rings is 1. The molecular formula is C23H30N4O2. The molecule has 0 fully saturated rings. The SMILES string of the molecule is CCCNC(=O)N(Cc1ccco1)Cc1nccn1Cc1c(C)cc(C)cc1C. The lowest BCUT2D eigenvalue weighted by molar-refractivity contribution is 0.185. The second-order valence-corrected chi connectivity index (χ2v) is 7.52. The van der Waals surface area contributed by atoms with Crippen molar-refractivity contribution in [3.63, 3.8) is 0 Å². The maximum atomic E-state index is 12.7. The van der Waals surface area contributed by atoms with Crippen LogP contribution in [0, 0.1) is 20.8 Å². The Kier molecular flexibility index (Phi) is 6.75. The molecule has 1 aromatic carbocycles. The molecule has 2 heterocycles. The fourth-order valence-electron chi connectivity index (χ4n) is 3.57. The number of carbonyl (C=O) groups is 1. The van der Waals surface area contributed by atoms with Gasteiger partial charge < -0.3 is 19.2 Å². The zero-order valence-electron chi connectivity index (χ0n) is 17.7. The van der Waals surface area contributed by atoms with Gasteiger partial charge in [-0.25, -0.2) is 9.78 Å². The fourth-order valence-corrected chi connectivity index (χ4v) is 3.57. The van der Waals surface area contributed by atoms with Gasteiger partial charge in [-0.2, -0.15) is 0 Å². The van der Waals surface area contributed by atoms with Gasteiger partial charge in [0.15, 0.2) is 0 Å². The quantitative estimate of drug-likeness (QED) is 0.609. The number of imidazole rings is 1. The van der Waals surface area contributed by atoms with E-state index in [0.717, 1.165) is 24.6 Å². The highest BCUT2D eigenvalue weighted by Gasteiger charge is 2.18. The molecule has 0 spiro atoms. The van der Waals surface area contributed by atoms with E-state index in [2.05, 4.69) is 47.8 Å². The van der Waals surface area contributed by atoms with Crippen LogP contribution in [0.15, 0.2) is 47.3 Å². The summed E-state index contributed by atoms with van der Waals surface area (Å²) in [5.41, 5.74) is 5.11. The number of nitrogens with one attached hydrogen (secondary N) is 1. The molecule has 6 nitrogen and oxygen atoms in total. The Bertz CT molecular complexity index is 921. The van der Waals surface area contributed by atoms with Crippen LogP contribution in [-0.2, 0) is 19.6 Å². The molecule has 2 aromatic heterocycles. The highest BCUT2D eigenvalue weighted by Crippen LogP contribution is 2.19. The van der Waals surface area contributed by atoms with E-state index in [1.807, 2.05) is 25.3 Å². The van der Waals surface area contributed by atoms with E-state index in [4.69, 9.17) is 4.42 Å². The third-order valence-corrected chi connectivity index (χ3v) is 5.04. The molecular weight excluding hydrogens is 364 g/mol. The molecule has 0 saturated heterocycles. The van der Waals surface area contributed by atoms with Crippen LogP contribution in [0.25, 0.3) is 0 Å². The molecule has 0 radical (unpaired) electrons. The molecule has 6 heteroatoms. The average molecular weight is 395 g/mol. The van der Waals surface area contributed by atoms with Crippen LogP contribution in [0.4, 0.5) is 4.79 Å². The lowest BCUT2D eigenvalue weighted by atomic mass is 10.00. The summed E-state index contributed by atoms with van der Waals surface area (Å²) in [6, 6.07) is 8.02. The Hall–Kier alpha value is -3.02. The Morgan fingerprint density at radius 3 is 2.62 bits per heavy atom. The minimum atomic E-state index is -0.111. The van der Waals surface area contributed by atoms with Crippen LogP contribution >= 0.6 is 0 Å². The van der Waals surface area contributed by atoms with Gasteiger partial charge in [0.25, 0.3) is 0 Å². The summed E-state index contributed by atoms with van der Waals surface area (Å²) in [6.07, 6.45) is 6.29. The predicted molar refractivity (Wildman–Crippen MR) is 114 cm³/mol. The largest absolute Gasteiger partial charge is 0.467 e. The molecule has 1 N–H and O–H groups in total. The molecule has 0 aliphatic heterocycles. The van der Waals surface area contributed by atoms with Gasteiger partial charge in [0.2, 0.25) is 0 Å². The summed E-state index contributed by atoms with van der Waals surface area (Å²) >= 11 is 0. The highest BCUT2D eigenvalue weighted by atomic mass is 16.3. The molecule has 29 heavy (non-hydrogen) atoms. The third-order valence-electron chi connectivity index (χ3n) is 5.04. The van der Waals surface area contributed by atoms with Crippen molar-refractivity contribution in [1.29, 1.82) is 0 Å². The molecule has 0 bridgehead atoms. The first-order valence-corrected chi connectivity index (χ1v) is 10.1. The Morgan fingerprint density at radius 1 is 1.21 bits per heavy atom. The number of carbonyl (C=O) groups excluding carboxylic acids is 1. The Labute approximate surface area is 172 Å². The number of benzene rings is 1. The zero-order chi connectivity index (χ0) is 20.8. The van der Waals surface area contributed by atoms with Crippen molar-refractivity contribution in [1.82, 2.24) is 19.8 Å². The van der Waals surface area contributed by atoms with Crippen LogP contribution in [0.3, 0.4) is 0 Å². The van der Waals surface area contributed by atoms with Gasteiger partial charge >= 0.3 is 6.03 Å². The van der Waals surface area contributed by atoms with Gasteiger partial charge in [-0.15, -0.1) is 0 Å². The van der Waals surface area contributed by atoms with E-state index in [0.29, 0.717) is 19.6 Å². The van der Waals surface area contributed by atoms with E-state index < -0.39 is 0 Å². The van der Waals surface area contributed by atoms with Crippen LogP contribution in [0.1, 0.15) is 47.2 Å². The summed E-state index contributed by atoms with van der Waals surface area (Å²) < 4.78 is 7.58. The number of amides is 2. The smallest absolute Gasteiger partial charge is 0.318 e. The highest BCUT2D eigenvalue weighted by molar-refractivity contribution is 5.74. The van der Waals surface area contributed by atoms with Crippen molar-refractivity contribution in [2.45, 2.75) is 53.8 Å². The standard InChI is InChI=1S/C23H30N4O2/c1-5-8-25-23(28)27(14-20-7-6-11-29-20)16-22-24-9-10-26(22)15-21-18(3)12-17(2)13-19(21)4/h6-7,9-13H,5,8,14-16H2,1-4H3,(H,25,28). The van der Waals surface area contributed by atoms with Gasteiger partial charge in [0, 0.05) is 25.5 Å². The van der Waals surface area contributed by atoms with Crippen molar-refractivity contribution in [3.05, 3.63) is 76.8 Å². The molecule has 0 saturated carbocycles. The van der Waals surface area contributed by atoms with Crippen LogP contribution < -0.4 is 5.32 Å². The van der Waals surface area contributed by atoms with E-state index in [1.54, 1.807) is 17.4 Å². The summed E-state index contributed by atoms with van der Waals surface area (Å²) in [6.45, 7) is 10.6. The maximum Gasteiger partial charge on any atom is 0.318 e. The first-order valence-electron chi connectivity index (χ1n) is 10.1. The summed E-state index contributed by atoms with van der Waals surface area (Å²) in [5, 5.41) is 2.96. The summed E-state index contributed by atoms with van der Waals surface area (Å²) in [7, 11) is 0. The second-order valence-electron chi connectivity index (χ2n) is 7.52. The van der Waals surface area contributed by atoms with Gasteiger partial charge in [-0.05, 0) is 56.0 Å². The lowest BCUT2D eigenvalue weighted by Gasteiger charge is -2.23. The van der Waals surface area contributed by atoms with Crippen LogP contribution in [0.5, 0.6) is 0 Å². The first kappa shape index (κ1) is 20.7. The Morgan fingerprint density at radius 2 is 1.97 bits per heavy atom. The number of urea groups is 1. The third kappa shape index (κ3) is 5.28. The van der Waals surface area contributed by atoms with E-state index >= 15 is 0 Å². The number of nitrogens with zero attached hydrogens (tertiary/aromatic N) is 3. The minimum absolute atomic E-state index is 0.111. The Balaban J connectivity index is 1.80. The van der Waals surface area contributed by atoms with E-state index in [9.17, 15) is 4.79 Å². The van der Waals surface area contributed by atoms with Crippen molar-refractivity contribution >= 4 is 6.03 Å². The lowest BCUT2D eigenvalue weighted by Crippen LogP contribution is -2.40. The second kappa shape index (κ2) is 9.45. The van der Waals surface area contributed by atoms with Gasteiger partial charge in [-0.3, -0.25) is 0 Å². The topological polar surface area (TPSA) is 63.3 Å². The monoisotopic (exact) mass is 394 g/mol. The van der Waals surface area contributed by atoms with Crippen molar-refractivity contribution in [2.75, 3.05) is 6.54 Å². The predicted octanol–water partition coefficient (Wildman–Crippen LogP) is 4.57. The molecule has 0 aliphatic rings. The van der Waals surface area contributed by atoms with Gasteiger partial charge in [-0.1, -0.05) is 24.6 Å². The van der Waals surface area contributed by atoms with Crippen molar-refractivity contribution in [3.8, 4) is 0 Å². The number of aryl methyl sites for hydroxylation is 3. The van der Waals surface area contributed by atoms with Gasteiger partial charge in [0.1, 0.15) is 11.6 Å². The van der Waals surface area contributed by atoms with Crippen molar-refractivity contribution in [2.24, 2.45) is 0 Å². The van der Waals surface area contributed by atoms with E-state index in [1.165, 1.54) is 22.3 Å². The molecule has 0 atom stereocenters. The maximum absolute atomic E-state index is 12.7. The van der Waals surface area contributed by atoms with Crippen LogP contribution in [-0.4, -0.2) is 27.0 Å². The zero-order valence-corrected chi connectivity index (χ0v) is 17.7. The van der Waals surface area contributed by atoms with Crippen LogP contribution in [0.2, 0.25) is 0 Å². The molecule has 0 unspecified atom stereocenters. The molecule has 2 amide bonds.